The smallest absolute Gasteiger partial charge is 0.314 e. The first-order chi connectivity index (χ1) is 8.84. The number of hydrogen-bond acceptors (Lipinski definition) is 2. The molecule has 1 aliphatic rings. The van der Waals surface area contributed by atoms with Crippen LogP contribution in [0, 0.1) is 0 Å². The molecule has 2 aromatic rings. The van der Waals surface area contributed by atoms with Crippen LogP contribution < -0.4 is 0 Å². The number of benzene rings is 2. The summed E-state index contributed by atoms with van der Waals surface area (Å²) in [5.74, 6) is -0.244. The molecule has 0 saturated carbocycles. The predicted octanol–water partition coefficient (Wildman–Crippen LogP) is 3.46. The molecule has 1 heterocycles. The average molecular weight is 238 g/mol. The van der Waals surface area contributed by atoms with Gasteiger partial charge >= 0.3 is 5.97 Å². The first-order valence-electron chi connectivity index (χ1n) is 6.15. The molecule has 1 saturated heterocycles. The number of carbonyl (C=O) groups is 1. The molecule has 0 unspecified atom stereocenters. The second-order valence-electron chi connectivity index (χ2n) is 4.54. The quantitative estimate of drug-likeness (QED) is 0.749. The summed E-state index contributed by atoms with van der Waals surface area (Å²) in [6.07, 6.45) is 0.622. The Kier molecular flexibility index (Phi) is 2.85. The van der Waals surface area contributed by atoms with E-state index in [0.29, 0.717) is 0 Å². The van der Waals surface area contributed by atoms with Gasteiger partial charge in [-0.2, -0.15) is 0 Å². The number of cyclic esters (lactones) is 1. The fraction of sp³-hybridized carbons (Fsp3) is 0.188. The van der Waals surface area contributed by atoms with Gasteiger partial charge in [-0.1, -0.05) is 60.7 Å². The van der Waals surface area contributed by atoms with Crippen LogP contribution in [0.5, 0.6) is 0 Å². The molecule has 0 N–H and O–H groups in total. The number of carbonyl (C=O) groups excluding carboxylic acids is 1. The van der Waals surface area contributed by atoms with Gasteiger partial charge in [0.05, 0.1) is 5.92 Å². The second kappa shape index (κ2) is 4.65. The maximum Gasteiger partial charge on any atom is 0.314 e. The summed E-state index contributed by atoms with van der Waals surface area (Å²) in [6.45, 7) is 0. The topological polar surface area (TPSA) is 26.3 Å². The van der Waals surface area contributed by atoms with Gasteiger partial charge in [0.2, 0.25) is 0 Å². The Morgan fingerprint density at radius 1 is 0.833 bits per heavy atom. The van der Waals surface area contributed by atoms with Crippen molar-refractivity contribution in [1.82, 2.24) is 0 Å². The van der Waals surface area contributed by atoms with Gasteiger partial charge in [0, 0.05) is 6.42 Å². The third-order valence-corrected chi connectivity index (χ3v) is 3.37. The molecular formula is C16H14O2. The minimum absolute atomic E-state index is 0.107. The molecule has 0 bridgehead atoms. The lowest BCUT2D eigenvalue weighted by atomic mass is 9.94. The zero-order valence-corrected chi connectivity index (χ0v) is 9.95. The normalized spacial score (nSPS) is 22.8. The van der Waals surface area contributed by atoms with Gasteiger partial charge < -0.3 is 4.74 Å². The van der Waals surface area contributed by atoms with Gasteiger partial charge in [-0.3, -0.25) is 4.79 Å². The fourth-order valence-electron chi connectivity index (χ4n) is 2.41. The maximum atomic E-state index is 11.9. The van der Waals surface area contributed by atoms with Crippen molar-refractivity contribution in [3.05, 3.63) is 71.8 Å². The Bertz CT molecular complexity index is 534. The van der Waals surface area contributed by atoms with Crippen LogP contribution in [0.2, 0.25) is 0 Å². The largest absolute Gasteiger partial charge is 0.457 e. The van der Waals surface area contributed by atoms with Gasteiger partial charge in [-0.25, -0.2) is 0 Å². The average Bonchev–Trinajstić information content (AvgIpc) is 2.83. The highest BCUT2D eigenvalue weighted by Crippen LogP contribution is 2.38. The number of rotatable bonds is 2. The van der Waals surface area contributed by atoms with E-state index in [4.69, 9.17) is 4.74 Å². The monoisotopic (exact) mass is 238 g/mol. The van der Waals surface area contributed by atoms with E-state index in [9.17, 15) is 4.79 Å². The van der Waals surface area contributed by atoms with Crippen molar-refractivity contribution in [2.75, 3.05) is 0 Å². The molecule has 2 nitrogen and oxygen atoms in total. The highest BCUT2D eigenvalue weighted by atomic mass is 16.6. The molecule has 2 atom stereocenters. The number of ether oxygens (including phenoxy) is 1. The third-order valence-electron chi connectivity index (χ3n) is 3.37. The van der Waals surface area contributed by atoms with Crippen LogP contribution in [0.3, 0.4) is 0 Å². The highest BCUT2D eigenvalue weighted by Gasteiger charge is 2.35. The van der Waals surface area contributed by atoms with E-state index in [1.165, 1.54) is 0 Å². The molecule has 90 valence electrons. The van der Waals surface area contributed by atoms with E-state index < -0.39 is 0 Å². The number of esters is 1. The molecule has 0 aliphatic carbocycles. The third kappa shape index (κ3) is 2.02. The van der Waals surface area contributed by atoms with Crippen molar-refractivity contribution in [2.45, 2.75) is 18.4 Å². The van der Waals surface area contributed by atoms with Crippen LogP contribution in [0.1, 0.15) is 29.6 Å². The predicted molar refractivity (Wildman–Crippen MR) is 69.1 cm³/mol. The Morgan fingerprint density at radius 2 is 1.39 bits per heavy atom. The van der Waals surface area contributed by atoms with Crippen LogP contribution in [-0.2, 0) is 9.53 Å². The van der Waals surface area contributed by atoms with Crippen molar-refractivity contribution < 1.29 is 9.53 Å². The van der Waals surface area contributed by atoms with Crippen LogP contribution in [-0.4, -0.2) is 5.97 Å². The zero-order chi connectivity index (χ0) is 12.4. The molecule has 0 amide bonds. The SMILES string of the molecule is O=C1O[C@H](c2ccccc2)C[C@@H]1c1ccccc1. The molecular weight excluding hydrogens is 224 g/mol. The molecule has 18 heavy (non-hydrogen) atoms. The van der Waals surface area contributed by atoms with Crippen LogP contribution in [0.25, 0.3) is 0 Å². The summed E-state index contributed by atoms with van der Waals surface area (Å²) >= 11 is 0. The molecule has 1 fully saturated rings. The van der Waals surface area contributed by atoms with E-state index in [1.54, 1.807) is 0 Å². The van der Waals surface area contributed by atoms with E-state index >= 15 is 0 Å². The minimum atomic E-state index is -0.128. The minimum Gasteiger partial charge on any atom is -0.457 e. The lowest BCUT2D eigenvalue weighted by Gasteiger charge is -2.08. The van der Waals surface area contributed by atoms with Crippen molar-refractivity contribution in [3.8, 4) is 0 Å². The van der Waals surface area contributed by atoms with Crippen LogP contribution in [0.4, 0.5) is 0 Å². The summed E-state index contributed by atoms with van der Waals surface area (Å²) < 4.78 is 5.48. The highest BCUT2D eigenvalue weighted by molar-refractivity contribution is 5.80. The maximum absolute atomic E-state index is 11.9. The number of hydrogen-bond donors (Lipinski definition) is 0. The summed E-state index contributed by atoms with van der Waals surface area (Å²) in [4.78, 5) is 11.9. The van der Waals surface area contributed by atoms with Crippen molar-refractivity contribution in [3.63, 3.8) is 0 Å². The molecule has 0 spiro atoms. The van der Waals surface area contributed by atoms with Crippen molar-refractivity contribution in [1.29, 1.82) is 0 Å². The van der Waals surface area contributed by atoms with Crippen LogP contribution >= 0.6 is 0 Å². The molecule has 3 rings (SSSR count). The van der Waals surface area contributed by atoms with E-state index in [1.807, 2.05) is 60.7 Å². The van der Waals surface area contributed by atoms with Gasteiger partial charge in [-0.05, 0) is 11.1 Å². The lowest BCUT2D eigenvalue weighted by molar-refractivity contribution is -0.142. The van der Waals surface area contributed by atoms with Gasteiger partial charge in [0.15, 0.2) is 0 Å². The molecule has 1 aliphatic heterocycles. The van der Waals surface area contributed by atoms with Crippen molar-refractivity contribution >= 4 is 5.97 Å². The van der Waals surface area contributed by atoms with E-state index in [-0.39, 0.29) is 18.0 Å². The summed E-state index contributed by atoms with van der Waals surface area (Å²) in [7, 11) is 0. The van der Waals surface area contributed by atoms with Crippen LogP contribution in [0.15, 0.2) is 60.7 Å². The van der Waals surface area contributed by atoms with Crippen molar-refractivity contribution in [2.24, 2.45) is 0 Å². The molecule has 2 heteroatoms. The summed E-state index contributed by atoms with van der Waals surface area (Å²) in [6, 6.07) is 19.8. The lowest BCUT2D eigenvalue weighted by Crippen LogP contribution is -2.04. The summed E-state index contributed by atoms with van der Waals surface area (Å²) in [5, 5.41) is 0. The first-order valence-corrected chi connectivity index (χ1v) is 6.15. The standard InChI is InChI=1S/C16H14O2/c17-16-14(12-7-3-1-4-8-12)11-15(18-16)13-9-5-2-6-10-13/h1-10,14-15H,11H2/t14-,15+/m1/s1. The molecule has 2 aromatic carbocycles. The van der Waals surface area contributed by atoms with Gasteiger partial charge in [-0.15, -0.1) is 0 Å². The Morgan fingerprint density at radius 3 is 2.00 bits per heavy atom. The molecule has 0 radical (unpaired) electrons. The van der Waals surface area contributed by atoms with E-state index in [2.05, 4.69) is 0 Å². The Labute approximate surface area is 106 Å². The van der Waals surface area contributed by atoms with Gasteiger partial charge in [0.1, 0.15) is 6.10 Å². The second-order valence-corrected chi connectivity index (χ2v) is 4.54. The van der Waals surface area contributed by atoms with Gasteiger partial charge in [0.25, 0.3) is 0 Å². The summed E-state index contributed by atoms with van der Waals surface area (Å²) in [5.41, 5.74) is 2.12. The first kappa shape index (κ1) is 11.0. The Hall–Kier alpha value is -2.09. The fourth-order valence-corrected chi connectivity index (χ4v) is 2.41. The zero-order valence-electron chi connectivity index (χ0n) is 9.95. The Balaban J connectivity index is 1.83. The van der Waals surface area contributed by atoms with E-state index in [0.717, 1.165) is 17.5 Å². The molecule has 0 aromatic heterocycles.